The van der Waals surface area contributed by atoms with Gasteiger partial charge in [-0.15, -0.1) is 0 Å². The molecule has 2 fully saturated rings. The Morgan fingerprint density at radius 1 is 1.13 bits per heavy atom. The number of aryl methyl sites for hydroxylation is 1. The van der Waals surface area contributed by atoms with E-state index in [0.717, 1.165) is 67.2 Å². The van der Waals surface area contributed by atoms with Gasteiger partial charge in [0.1, 0.15) is 23.8 Å². The third-order valence-corrected chi connectivity index (χ3v) is 9.23. The maximum Gasteiger partial charge on any atom is 0.329 e. The number of likely N-dealkylation sites (tertiary alicyclic amines) is 1. The molecule has 1 saturated heterocycles. The number of hydrogen-bond donors (Lipinski definition) is 0. The molecule has 3 aromatic rings. The summed E-state index contributed by atoms with van der Waals surface area (Å²) in [6, 6.07) is 2.05. The molecule has 0 amide bonds. The van der Waals surface area contributed by atoms with E-state index in [1.165, 1.54) is 6.07 Å². The zero-order valence-corrected chi connectivity index (χ0v) is 22.5. The van der Waals surface area contributed by atoms with Gasteiger partial charge >= 0.3 is 5.69 Å². The normalized spacial score (nSPS) is 25.9. The maximum atomic E-state index is 15.9. The van der Waals surface area contributed by atoms with Crippen LogP contribution in [-0.2, 0) is 7.05 Å². The molecule has 2 aromatic heterocycles. The summed E-state index contributed by atoms with van der Waals surface area (Å²) >= 11 is 0. The molecule has 200 valence electrons. The fraction of sp³-hybridized carbons (Fsp3) is 0.517. The van der Waals surface area contributed by atoms with Crippen molar-refractivity contribution in [3.63, 3.8) is 0 Å². The predicted octanol–water partition coefficient (Wildman–Crippen LogP) is 3.71. The Bertz CT molecular complexity index is 1560. The second-order valence-electron chi connectivity index (χ2n) is 11.6. The van der Waals surface area contributed by atoms with Gasteiger partial charge in [-0.05, 0) is 52.3 Å². The van der Waals surface area contributed by atoms with E-state index in [1.54, 1.807) is 17.8 Å². The lowest BCUT2D eigenvalue weighted by molar-refractivity contribution is 0.0736. The highest BCUT2D eigenvalue weighted by Crippen LogP contribution is 2.47. The molecule has 0 radical (unpaired) electrons. The fourth-order valence-electron chi connectivity index (χ4n) is 7.16. The van der Waals surface area contributed by atoms with E-state index >= 15 is 4.39 Å². The standard InChI is InChI=1S/C29H35FN6O2/c1-32(2)18-10-12-35(13-11-18)24-9-8-17(16-33(24)3)25-19(30)14-20-26-27-22(15-31-20)34(4)29(37)36(27)21-6-5-7-23(21)38-28(25)26/h8-9,14-16,18,21,23-24H,5-7,10-13H2,1-4H3. The van der Waals surface area contributed by atoms with Crippen LogP contribution >= 0.6 is 0 Å². The highest BCUT2D eigenvalue weighted by atomic mass is 19.1. The summed E-state index contributed by atoms with van der Waals surface area (Å²) in [6.07, 6.45) is 12.9. The van der Waals surface area contributed by atoms with Gasteiger partial charge in [0, 0.05) is 51.1 Å². The highest BCUT2D eigenvalue weighted by Gasteiger charge is 2.39. The molecule has 4 aliphatic rings. The third kappa shape index (κ3) is 3.41. The third-order valence-electron chi connectivity index (χ3n) is 9.23. The van der Waals surface area contributed by atoms with E-state index in [0.29, 0.717) is 22.9 Å². The van der Waals surface area contributed by atoms with Crippen molar-refractivity contribution < 1.29 is 9.13 Å². The summed E-state index contributed by atoms with van der Waals surface area (Å²) in [7, 11) is 8.16. The summed E-state index contributed by atoms with van der Waals surface area (Å²) in [5.41, 5.74) is 3.25. The SMILES string of the molecule is CN(C)C1CCN(C2C=CC(c3c(F)cc4ncc5c6c4c3OC3CCCC3n6c(=O)n5C)=CN2C)CC1. The minimum atomic E-state index is -0.352. The van der Waals surface area contributed by atoms with Crippen LogP contribution in [0.1, 0.15) is 43.7 Å². The molecule has 3 atom stereocenters. The van der Waals surface area contributed by atoms with Gasteiger partial charge in [-0.25, -0.2) is 9.18 Å². The molecular weight excluding hydrogens is 483 g/mol. The molecule has 1 aromatic carbocycles. The first-order valence-electron chi connectivity index (χ1n) is 13.7. The van der Waals surface area contributed by atoms with Crippen molar-refractivity contribution in [1.82, 2.24) is 28.8 Å². The van der Waals surface area contributed by atoms with Crippen molar-refractivity contribution in [2.24, 2.45) is 7.05 Å². The maximum absolute atomic E-state index is 15.9. The number of piperidine rings is 1. The molecule has 3 unspecified atom stereocenters. The van der Waals surface area contributed by atoms with E-state index in [4.69, 9.17) is 4.74 Å². The number of allylic oxidation sites excluding steroid dienone is 2. The van der Waals surface area contributed by atoms with Gasteiger partial charge in [0.2, 0.25) is 0 Å². The second kappa shape index (κ2) is 8.68. The van der Waals surface area contributed by atoms with Gasteiger partial charge in [-0.3, -0.25) is 19.0 Å². The van der Waals surface area contributed by atoms with Gasteiger partial charge in [-0.1, -0.05) is 6.08 Å². The number of nitrogens with zero attached hydrogens (tertiary/aromatic N) is 6. The van der Waals surface area contributed by atoms with Crippen LogP contribution in [0.2, 0.25) is 0 Å². The lowest BCUT2D eigenvalue weighted by Gasteiger charge is -2.42. The largest absolute Gasteiger partial charge is 0.487 e. The summed E-state index contributed by atoms with van der Waals surface area (Å²) in [6.45, 7) is 2.06. The Balaban J connectivity index is 1.33. The van der Waals surface area contributed by atoms with Crippen molar-refractivity contribution >= 4 is 27.5 Å². The van der Waals surface area contributed by atoms with Gasteiger partial charge in [0.15, 0.2) is 0 Å². The van der Waals surface area contributed by atoms with Crippen LogP contribution in [0.15, 0.2) is 35.4 Å². The molecule has 1 saturated carbocycles. The molecule has 0 N–H and O–H groups in total. The van der Waals surface area contributed by atoms with E-state index < -0.39 is 0 Å². The molecule has 1 aliphatic carbocycles. The van der Waals surface area contributed by atoms with Crippen LogP contribution in [0, 0.1) is 5.82 Å². The number of fused-ring (bicyclic) bond motifs is 2. The van der Waals surface area contributed by atoms with Crippen molar-refractivity contribution in [1.29, 1.82) is 0 Å². The summed E-state index contributed by atoms with van der Waals surface area (Å²) in [4.78, 5) is 24.9. The summed E-state index contributed by atoms with van der Waals surface area (Å²) in [5, 5.41) is 0.732. The average molecular weight is 519 g/mol. The molecular formula is C29H35FN6O2. The number of ether oxygens (including phenoxy) is 1. The summed E-state index contributed by atoms with van der Waals surface area (Å²) in [5.74, 6) is 0.163. The van der Waals surface area contributed by atoms with Crippen molar-refractivity contribution in [3.05, 3.63) is 52.5 Å². The summed E-state index contributed by atoms with van der Waals surface area (Å²) < 4.78 is 26.2. The van der Waals surface area contributed by atoms with E-state index in [2.05, 4.69) is 46.9 Å². The molecule has 0 bridgehead atoms. The molecule has 38 heavy (non-hydrogen) atoms. The van der Waals surface area contributed by atoms with E-state index in [9.17, 15) is 4.79 Å². The van der Waals surface area contributed by atoms with Crippen molar-refractivity contribution in [3.8, 4) is 5.75 Å². The van der Waals surface area contributed by atoms with Crippen LogP contribution in [0.25, 0.3) is 27.5 Å². The Hall–Kier alpha value is -3.17. The lowest BCUT2D eigenvalue weighted by Crippen LogP contribution is -2.50. The highest BCUT2D eigenvalue weighted by molar-refractivity contribution is 6.08. The number of imidazole rings is 1. The first-order chi connectivity index (χ1) is 18.3. The van der Waals surface area contributed by atoms with Crippen LogP contribution in [0.5, 0.6) is 5.75 Å². The number of hydrogen-bond acceptors (Lipinski definition) is 6. The smallest absolute Gasteiger partial charge is 0.329 e. The number of halogens is 1. The van der Waals surface area contributed by atoms with E-state index in [-0.39, 0.29) is 29.8 Å². The number of benzene rings is 1. The number of likely N-dealkylation sites (N-methyl/N-ethyl adjacent to an activating group) is 1. The molecule has 7 rings (SSSR count). The van der Waals surface area contributed by atoms with Crippen LogP contribution in [-0.4, -0.2) is 81.4 Å². The zero-order chi connectivity index (χ0) is 26.3. The first-order valence-corrected chi connectivity index (χ1v) is 13.7. The van der Waals surface area contributed by atoms with Crippen molar-refractivity contribution in [2.45, 2.75) is 56.5 Å². The Labute approximate surface area is 221 Å². The Kier molecular flexibility index (Phi) is 5.46. The van der Waals surface area contributed by atoms with Gasteiger partial charge < -0.3 is 14.5 Å². The zero-order valence-electron chi connectivity index (χ0n) is 22.5. The molecule has 3 aliphatic heterocycles. The monoisotopic (exact) mass is 518 g/mol. The van der Waals surface area contributed by atoms with Crippen molar-refractivity contribution in [2.75, 3.05) is 34.2 Å². The lowest BCUT2D eigenvalue weighted by atomic mass is 9.97. The van der Waals surface area contributed by atoms with Crippen LogP contribution in [0.3, 0.4) is 0 Å². The number of pyridine rings is 1. The van der Waals surface area contributed by atoms with Gasteiger partial charge in [-0.2, -0.15) is 0 Å². The van der Waals surface area contributed by atoms with Gasteiger partial charge in [0.25, 0.3) is 0 Å². The van der Waals surface area contributed by atoms with Crippen LogP contribution < -0.4 is 10.4 Å². The molecule has 9 heteroatoms. The first kappa shape index (κ1) is 23.9. The number of aromatic nitrogens is 3. The molecule has 0 spiro atoms. The predicted molar refractivity (Wildman–Crippen MR) is 147 cm³/mol. The molecule has 8 nitrogen and oxygen atoms in total. The van der Waals surface area contributed by atoms with E-state index in [1.807, 2.05) is 16.8 Å². The van der Waals surface area contributed by atoms with Crippen LogP contribution in [0.4, 0.5) is 4.39 Å². The topological polar surface area (TPSA) is 58.8 Å². The average Bonchev–Trinajstić information content (AvgIpc) is 3.41. The Morgan fingerprint density at radius 3 is 2.66 bits per heavy atom. The minimum absolute atomic E-state index is 0.0619. The molecule has 5 heterocycles. The Morgan fingerprint density at radius 2 is 1.92 bits per heavy atom. The van der Waals surface area contributed by atoms with Gasteiger partial charge in [0.05, 0.1) is 39.7 Å². The second-order valence-corrected chi connectivity index (χ2v) is 11.6. The minimum Gasteiger partial charge on any atom is -0.487 e. The fourth-order valence-corrected chi connectivity index (χ4v) is 7.16. The number of rotatable bonds is 3. The quantitative estimate of drug-likeness (QED) is 0.527.